The van der Waals surface area contributed by atoms with Gasteiger partial charge in [-0.05, 0) is 180 Å². The van der Waals surface area contributed by atoms with E-state index in [0.29, 0.717) is 0 Å². The van der Waals surface area contributed by atoms with Gasteiger partial charge in [0.25, 0.3) is 0 Å². The third-order valence-corrected chi connectivity index (χ3v) is 17.2. The van der Waals surface area contributed by atoms with Crippen LogP contribution in [0.1, 0.15) is 22.3 Å². The van der Waals surface area contributed by atoms with Crippen molar-refractivity contribution >= 4 is 81.3 Å². The molecular weight excluding hydrogens is 915 g/mol. The number of hydrogen-bond acceptors (Lipinski definition) is 3. The molecule has 0 unspecified atom stereocenters. The van der Waals surface area contributed by atoms with Crippen LogP contribution in [0.3, 0.4) is 0 Å². The van der Waals surface area contributed by atoms with Gasteiger partial charge in [0.2, 0.25) is 0 Å². The van der Waals surface area contributed by atoms with Crippen LogP contribution in [0.5, 0.6) is 0 Å². The van der Waals surface area contributed by atoms with E-state index in [1.807, 2.05) is 17.4 Å². The molecule has 2 aliphatic rings. The molecule has 344 valence electrons. The average Bonchev–Trinajstić information content (AvgIpc) is 4.21. The number of nitrogens with zero attached hydrogens (tertiary/aromatic N) is 1. The molecule has 1 spiro atoms. The second-order valence-electron chi connectivity index (χ2n) is 19.9. The van der Waals surface area contributed by atoms with Crippen LogP contribution in [0.2, 0.25) is 0 Å². The fourth-order valence-corrected chi connectivity index (χ4v) is 13.8. The van der Waals surface area contributed by atoms with Crippen molar-refractivity contribution in [3.63, 3.8) is 0 Å². The van der Waals surface area contributed by atoms with Crippen LogP contribution < -0.4 is 4.90 Å². The highest BCUT2D eigenvalue weighted by molar-refractivity contribution is 7.25. The molecule has 0 aliphatic heterocycles. The van der Waals surface area contributed by atoms with Crippen LogP contribution in [-0.2, 0) is 5.41 Å². The fraction of sp³-hybridized carbons (Fsp3) is 0.0141. The summed E-state index contributed by atoms with van der Waals surface area (Å²) in [6, 6.07) is 96.9. The minimum Gasteiger partial charge on any atom is -0.456 e. The second kappa shape index (κ2) is 15.9. The van der Waals surface area contributed by atoms with Crippen LogP contribution in [0.15, 0.2) is 265 Å². The summed E-state index contributed by atoms with van der Waals surface area (Å²) < 4.78 is 8.91. The Morgan fingerprint density at radius 1 is 0.284 bits per heavy atom. The van der Waals surface area contributed by atoms with Gasteiger partial charge in [-0.2, -0.15) is 0 Å². The van der Waals surface area contributed by atoms with Crippen LogP contribution in [0.4, 0.5) is 17.1 Å². The quantitative estimate of drug-likeness (QED) is 0.165. The topological polar surface area (TPSA) is 16.4 Å². The average molecular weight is 958 g/mol. The molecule has 0 atom stereocenters. The van der Waals surface area contributed by atoms with Gasteiger partial charge < -0.3 is 9.32 Å². The zero-order valence-corrected chi connectivity index (χ0v) is 40.9. The van der Waals surface area contributed by atoms with Gasteiger partial charge in [0, 0.05) is 48.0 Å². The smallest absolute Gasteiger partial charge is 0.135 e. The van der Waals surface area contributed by atoms with E-state index in [4.69, 9.17) is 4.42 Å². The maximum atomic E-state index is 6.30. The summed E-state index contributed by atoms with van der Waals surface area (Å²) in [4.78, 5) is 2.45. The minimum atomic E-state index is -0.451. The molecular formula is C71H43NOS. The first-order valence-electron chi connectivity index (χ1n) is 25.5. The molecule has 2 aromatic heterocycles. The molecule has 0 bridgehead atoms. The largest absolute Gasteiger partial charge is 0.456 e. The Labute approximate surface area is 432 Å². The monoisotopic (exact) mass is 957 g/mol. The molecule has 12 aromatic carbocycles. The molecule has 0 radical (unpaired) electrons. The Balaban J connectivity index is 0.869. The number of rotatable bonds is 6. The molecule has 74 heavy (non-hydrogen) atoms. The lowest BCUT2D eigenvalue weighted by atomic mass is 9.70. The lowest BCUT2D eigenvalue weighted by Gasteiger charge is -2.32. The summed E-state index contributed by atoms with van der Waals surface area (Å²) >= 11 is 1.86. The van der Waals surface area contributed by atoms with Gasteiger partial charge in [-0.15, -0.1) is 11.3 Å². The molecule has 0 saturated carbocycles. The van der Waals surface area contributed by atoms with Gasteiger partial charge in [-0.1, -0.05) is 170 Å². The Morgan fingerprint density at radius 3 is 1.51 bits per heavy atom. The molecule has 2 nitrogen and oxygen atoms in total. The number of benzene rings is 12. The van der Waals surface area contributed by atoms with E-state index in [1.54, 1.807) is 0 Å². The van der Waals surface area contributed by atoms with E-state index in [-0.39, 0.29) is 0 Å². The van der Waals surface area contributed by atoms with Crippen molar-refractivity contribution in [2.24, 2.45) is 0 Å². The highest BCUT2D eigenvalue weighted by atomic mass is 32.1. The SMILES string of the molecule is c1ccc2c(c1)-c1ccccc1C21c2ccccc2-c2ccc(N(c3ccc(-c4cc(-c5ccc6oc7ccccc7c6c5)cc(-c5ccc6sc7ccccc7c6c5)c4)cc3)c3ccc4ccccc4c3)cc21. The van der Waals surface area contributed by atoms with Gasteiger partial charge in [0.05, 0.1) is 5.41 Å². The minimum absolute atomic E-state index is 0.451. The number of furan rings is 1. The number of para-hydroxylation sites is 1. The van der Waals surface area contributed by atoms with Crippen molar-refractivity contribution in [3.05, 3.63) is 283 Å². The van der Waals surface area contributed by atoms with E-state index >= 15 is 0 Å². The maximum Gasteiger partial charge on any atom is 0.135 e. The molecule has 14 aromatic rings. The number of anilines is 3. The van der Waals surface area contributed by atoms with Crippen molar-refractivity contribution in [1.29, 1.82) is 0 Å². The fourth-order valence-electron chi connectivity index (χ4n) is 12.7. The van der Waals surface area contributed by atoms with E-state index < -0.39 is 5.41 Å². The summed E-state index contributed by atoms with van der Waals surface area (Å²) in [5.41, 5.74) is 22.2. The zero-order valence-electron chi connectivity index (χ0n) is 40.1. The van der Waals surface area contributed by atoms with Gasteiger partial charge in [0.15, 0.2) is 0 Å². The summed E-state index contributed by atoms with van der Waals surface area (Å²) in [7, 11) is 0. The van der Waals surface area contributed by atoms with E-state index in [2.05, 4.69) is 260 Å². The van der Waals surface area contributed by atoms with E-state index in [0.717, 1.165) is 61.3 Å². The Kier molecular flexibility index (Phi) is 8.86. The first-order valence-corrected chi connectivity index (χ1v) is 26.3. The maximum absolute atomic E-state index is 6.30. The first-order chi connectivity index (χ1) is 36.6. The first kappa shape index (κ1) is 41.3. The predicted octanol–water partition coefficient (Wildman–Crippen LogP) is 19.9. The van der Waals surface area contributed by atoms with Crippen molar-refractivity contribution in [2.45, 2.75) is 5.41 Å². The molecule has 2 aliphatic carbocycles. The van der Waals surface area contributed by atoms with Crippen molar-refractivity contribution in [1.82, 2.24) is 0 Å². The van der Waals surface area contributed by atoms with Crippen LogP contribution >= 0.6 is 11.3 Å². The van der Waals surface area contributed by atoms with Crippen LogP contribution in [0, 0.1) is 0 Å². The van der Waals surface area contributed by atoms with E-state index in [9.17, 15) is 0 Å². The van der Waals surface area contributed by atoms with Gasteiger partial charge >= 0.3 is 0 Å². The highest BCUT2D eigenvalue weighted by Gasteiger charge is 2.51. The normalized spacial score (nSPS) is 13.0. The predicted molar refractivity (Wildman–Crippen MR) is 311 cm³/mol. The molecule has 0 fully saturated rings. The van der Waals surface area contributed by atoms with Gasteiger partial charge in [-0.25, -0.2) is 0 Å². The lowest BCUT2D eigenvalue weighted by molar-refractivity contribution is 0.669. The Morgan fingerprint density at radius 2 is 0.784 bits per heavy atom. The Hall–Kier alpha value is -9.28. The number of fused-ring (bicyclic) bond motifs is 17. The van der Waals surface area contributed by atoms with Gasteiger partial charge in [-0.3, -0.25) is 0 Å². The summed E-state index contributed by atoms with van der Waals surface area (Å²) in [5, 5.41) is 7.27. The van der Waals surface area contributed by atoms with Crippen LogP contribution in [0.25, 0.3) is 109 Å². The standard InChI is InChI=1S/C71H43NOS/c1-2-14-46-40-53(32-27-44(46)13-1)72(54-33-34-58-57-17-5-10-22-65(57)71(66(58)43-54)63-20-8-3-15-55(63)56-16-4-9-21-64(56)71)52-30-25-45(26-31-52)49-37-50(47-28-35-68-61(41-47)59-18-6-11-23-67(59)73-68)39-51(38-49)48-29-36-70-62(42-48)60-19-7-12-24-69(60)74-70/h1-43H. The number of hydrogen-bond donors (Lipinski definition) is 0. The van der Waals surface area contributed by atoms with E-state index in [1.165, 1.54) is 86.6 Å². The molecule has 0 N–H and O–H groups in total. The molecule has 0 saturated heterocycles. The second-order valence-corrected chi connectivity index (χ2v) is 21.0. The summed E-state index contributed by atoms with van der Waals surface area (Å²) in [6.45, 7) is 0. The molecule has 2 heterocycles. The highest BCUT2D eigenvalue weighted by Crippen LogP contribution is 2.63. The van der Waals surface area contributed by atoms with Crippen molar-refractivity contribution in [3.8, 4) is 55.6 Å². The van der Waals surface area contributed by atoms with Gasteiger partial charge in [0.1, 0.15) is 11.2 Å². The third kappa shape index (κ3) is 6.05. The Bertz CT molecular complexity index is 4430. The van der Waals surface area contributed by atoms with Crippen LogP contribution in [-0.4, -0.2) is 0 Å². The zero-order chi connectivity index (χ0) is 48.5. The summed E-state index contributed by atoms with van der Waals surface area (Å²) in [6.07, 6.45) is 0. The third-order valence-electron chi connectivity index (χ3n) is 16.0. The summed E-state index contributed by atoms with van der Waals surface area (Å²) in [5.74, 6) is 0. The van der Waals surface area contributed by atoms with Crippen molar-refractivity contribution in [2.75, 3.05) is 4.90 Å². The molecule has 16 rings (SSSR count). The molecule has 0 amide bonds. The lowest BCUT2D eigenvalue weighted by Crippen LogP contribution is -2.26. The molecule has 3 heteroatoms. The van der Waals surface area contributed by atoms with Crippen molar-refractivity contribution < 1.29 is 4.42 Å². The number of thiophene rings is 1.